The van der Waals surface area contributed by atoms with Gasteiger partial charge in [-0.2, -0.15) is 0 Å². The van der Waals surface area contributed by atoms with E-state index in [2.05, 4.69) is 110 Å². The minimum atomic E-state index is -0.0320. The van der Waals surface area contributed by atoms with Crippen LogP contribution in [-0.4, -0.2) is 32.8 Å². The van der Waals surface area contributed by atoms with Gasteiger partial charge in [0.15, 0.2) is 0 Å². The van der Waals surface area contributed by atoms with Crippen molar-refractivity contribution >= 4 is 17.5 Å². The number of allylic oxidation sites excluding steroid dienone is 2. The Morgan fingerprint density at radius 1 is 0.700 bits per heavy atom. The van der Waals surface area contributed by atoms with Gasteiger partial charge in [-0.25, -0.2) is 0 Å². The van der Waals surface area contributed by atoms with Gasteiger partial charge in [-0.15, -0.1) is 0 Å². The van der Waals surface area contributed by atoms with Crippen molar-refractivity contribution in [2.45, 2.75) is 40.7 Å². The molecular weight excluding hydrogens is 368 g/mol. The van der Waals surface area contributed by atoms with Crippen molar-refractivity contribution in [3.05, 3.63) is 77.9 Å². The van der Waals surface area contributed by atoms with Crippen LogP contribution in [0.1, 0.15) is 51.8 Å². The second-order valence-corrected chi connectivity index (χ2v) is 7.15. The monoisotopic (exact) mass is 406 g/mol. The highest BCUT2D eigenvalue weighted by atomic mass is 16.5. The van der Waals surface area contributed by atoms with Crippen LogP contribution < -0.4 is 9.80 Å². The minimum absolute atomic E-state index is 0.0320. The van der Waals surface area contributed by atoms with E-state index in [1.54, 1.807) is 0 Å². The summed E-state index contributed by atoms with van der Waals surface area (Å²) in [4.78, 5) is 4.70. The lowest BCUT2D eigenvalue weighted by atomic mass is 10.1. The molecule has 0 spiro atoms. The first-order valence-corrected chi connectivity index (χ1v) is 11.3. The molecule has 0 heterocycles. The summed E-state index contributed by atoms with van der Waals surface area (Å²) in [7, 11) is 0. The molecule has 0 aliphatic rings. The molecule has 2 rings (SSSR count). The van der Waals surface area contributed by atoms with Crippen molar-refractivity contribution in [1.29, 1.82) is 0 Å². The summed E-state index contributed by atoms with van der Waals surface area (Å²) in [5.74, 6) is 0. The maximum Gasteiger partial charge on any atom is 0.101 e. The fourth-order valence-electron chi connectivity index (χ4n) is 3.62. The van der Waals surface area contributed by atoms with E-state index in [0.717, 1.165) is 26.2 Å². The highest BCUT2D eigenvalue weighted by Gasteiger charge is 2.08. The molecule has 2 aromatic rings. The van der Waals surface area contributed by atoms with E-state index < -0.39 is 0 Å². The molecule has 0 aromatic heterocycles. The first-order chi connectivity index (χ1) is 14.7. The Kier molecular flexibility index (Phi) is 10.2. The van der Waals surface area contributed by atoms with Crippen LogP contribution in [0.15, 0.2) is 66.8 Å². The van der Waals surface area contributed by atoms with Crippen LogP contribution in [-0.2, 0) is 4.74 Å². The van der Waals surface area contributed by atoms with Gasteiger partial charge >= 0.3 is 0 Å². The highest BCUT2D eigenvalue weighted by molar-refractivity contribution is 5.57. The predicted octanol–water partition coefficient (Wildman–Crippen LogP) is 6.73. The number of hydrogen-bond donors (Lipinski definition) is 0. The average Bonchev–Trinajstić information content (AvgIpc) is 2.79. The standard InChI is InChI=1S/C27H38N2O/c1-6-28(7-2)25-19-15-23(16-20-25)13-11-12-14-27(30-10-5)24-17-21-26(22-18-24)29(8-3)9-4/h11-22,27H,6-10H2,1-5H3. The Labute approximate surface area is 183 Å². The van der Waals surface area contributed by atoms with Crippen LogP contribution >= 0.6 is 0 Å². The number of ether oxygens (including phenoxy) is 1. The van der Waals surface area contributed by atoms with Crippen molar-refractivity contribution in [2.75, 3.05) is 42.6 Å². The molecule has 0 saturated heterocycles. The summed E-state index contributed by atoms with van der Waals surface area (Å²) in [6.45, 7) is 15.6. The molecular formula is C27H38N2O. The Bertz CT molecular complexity index is 770. The fourth-order valence-corrected chi connectivity index (χ4v) is 3.62. The first kappa shape index (κ1) is 23.8. The molecule has 1 unspecified atom stereocenters. The summed E-state index contributed by atoms with van der Waals surface area (Å²) in [5, 5.41) is 0. The zero-order valence-corrected chi connectivity index (χ0v) is 19.3. The number of anilines is 2. The molecule has 0 amide bonds. The first-order valence-electron chi connectivity index (χ1n) is 11.3. The molecule has 30 heavy (non-hydrogen) atoms. The topological polar surface area (TPSA) is 15.7 Å². The van der Waals surface area contributed by atoms with E-state index >= 15 is 0 Å². The largest absolute Gasteiger partial charge is 0.372 e. The molecule has 0 aliphatic carbocycles. The maximum absolute atomic E-state index is 5.96. The second kappa shape index (κ2) is 12.9. The van der Waals surface area contributed by atoms with Gasteiger partial charge in [-0.3, -0.25) is 0 Å². The van der Waals surface area contributed by atoms with Gasteiger partial charge in [0.1, 0.15) is 6.10 Å². The third kappa shape index (κ3) is 6.77. The third-order valence-electron chi connectivity index (χ3n) is 5.40. The van der Waals surface area contributed by atoms with Gasteiger partial charge in [0.05, 0.1) is 0 Å². The zero-order valence-electron chi connectivity index (χ0n) is 19.3. The summed E-state index contributed by atoms with van der Waals surface area (Å²) >= 11 is 0. The van der Waals surface area contributed by atoms with E-state index in [9.17, 15) is 0 Å². The van der Waals surface area contributed by atoms with Crippen LogP contribution in [0, 0.1) is 0 Å². The quantitative estimate of drug-likeness (QED) is 0.364. The van der Waals surface area contributed by atoms with Gasteiger partial charge < -0.3 is 14.5 Å². The Morgan fingerprint density at radius 3 is 1.67 bits per heavy atom. The number of hydrogen-bond acceptors (Lipinski definition) is 3. The number of rotatable bonds is 12. The number of nitrogens with zero attached hydrogens (tertiary/aromatic N) is 2. The molecule has 0 fully saturated rings. The van der Waals surface area contributed by atoms with E-state index in [-0.39, 0.29) is 6.10 Å². The summed E-state index contributed by atoms with van der Waals surface area (Å²) in [6, 6.07) is 17.5. The highest BCUT2D eigenvalue weighted by Crippen LogP contribution is 2.23. The van der Waals surface area contributed by atoms with Crippen molar-refractivity contribution in [3.8, 4) is 0 Å². The molecule has 0 radical (unpaired) electrons. The van der Waals surface area contributed by atoms with Gasteiger partial charge in [-0.1, -0.05) is 48.6 Å². The average molecular weight is 407 g/mol. The molecule has 2 aromatic carbocycles. The van der Waals surface area contributed by atoms with Gasteiger partial charge in [0.2, 0.25) is 0 Å². The molecule has 3 heteroatoms. The molecule has 0 aliphatic heterocycles. The van der Waals surface area contributed by atoms with Gasteiger partial charge in [-0.05, 0) is 70.0 Å². The molecule has 162 valence electrons. The minimum Gasteiger partial charge on any atom is -0.372 e. The summed E-state index contributed by atoms with van der Waals surface area (Å²) in [5.41, 5.74) is 4.92. The van der Waals surface area contributed by atoms with Crippen LogP contribution in [0.2, 0.25) is 0 Å². The second-order valence-electron chi connectivity index (χ2n) is 7.15. The summed E-state index contributed by atoms with van der Waals surface area (Å²) in [6.07, 6.45) is 8.39. The van der Waals surface area contributed by atoms with Crippen LogP contribution in [0.3, 0.4) is 0 Å². The Balaban J connectivity index is 2.04. The zero-order chi connectivity index (χ0) is 21.8. The summed E-state index contributed by atoms with van der Waals surface area (Å²) < 4.78 is 5.96. The molecule has 0 saturated carbocycles. The van der Waals surface area contributed by atoms with Crippen LogP contribution in [0.25, 0.3) is 6.08 Å². The lowest BCUT2D eigenvalue weighted by Gasteiger charge is -2.22. The maximum atomic E-state index is 5.96. The molecule has 0 bridgehead atoms. The third-order valence-corrected chi connectivity index (χ3v) is 5.40. The van der Waals surface area contributed by atoms with E-state index in [0.29, 0.717) is 6.61 Å². The van der Waals surface area contributed by atoms with Gasteiger partial charge in [0, 0.05) is 44.2 Å². The van der Waals surface area contributed by atoms with Crippen molar-refractivity contribution in [3.63, 3.8) is 0 Å². The van der Waals surface area contributed by atoms with Crippen molar-refractivity contribution in [1.82, 2.24) is 0 Å². The Morgan fingerprint density at radius 2 is 1.20 bits per heavy atom. The smallest absolute Gasteiger partial charge is 0.101 e. The normalized spacial score (nSPS) is 12.6. The molecule has 3 nitrogen and oxygen atoms in total. The Hall–Kier alpha value is -2.52. The van der Waals surface area contributed by atoms with E-state index in [1.807, 2.05) is 6.92 Å². The SMILES string of the molecule is CCOC(C=CC=Cc1ccc(N(CC)CC)cc1)c1ccc(N(CC)CC)cc1. The number of benzene rings is 2. The van der Waals surface area contributed by atoms with Crippen LogP contribution in [0.5, 0.6) is 0 Å². The molecule has 1 atom stereocenters. The van der Waals surface area contributed by atoms with E-state index in [1.165, 1.54) is 22.5 Å². The lowest BCUT2D eigenvalue weighted by Crippen LogP contribution is -2.21. The molecule has 0 N–H and O–H groups in total. The van der Waals surface area contributed by atoms with Crippen LogP contribution in [0.4, 0.5) is 11.4 Å². The van der Waals surface area contributed by atoms with Crippen molar-refractivity contribution < 1.29 is 4.74 Å². The lowest BCUT2D eigenvalue weighted by molar-refractivity contribution is 0.0968. The van der Waals surface area contributed by atoms with Crippen molar-refractivity contribution in [2.24, 2.45) is 0 Å². The van der Waals surface area contributed by atoms with E-state index in [4.69, 9.17) is 4.74 Å². The predicted molar refractivity (Wildman–Crippen MR) is 133 cm³/mol. The fraction of sp³-hybridized carbons (Fsp3) is 0.407. The van der Waals surface area contributed by atoms with Gasteiger partial charge in [0.25, 0.3) is 0 Å².